The molecule has 1 saturated carbocycles. The lowest BCUT2D eigenvalue weighted by molar-refractivity contribution is -0.179. The van der Waals surface area contributed by atoms with Crippen LogP contribution in [0.1, 0.15) is 12.8 Å². The molecule has 1 fully saturated rings. The highest BCUT2D eigenvalue weighted by molar-refractivity contribution is 7.71. The molecule has 3 nitrogen and oxygen atoms in total. The lowest BCUT2D eigenvalue weighted by atomic mass is 10.2. The van der Waals surface area contributed by atoms with Crippen LogP contribution in [0.4, 0.5) is 13.2 Å². The Labute approximate surface area is 112 Å². The van der Waals surface area contributed by atoms with Gasteiger partial charge in [-0.1, -0.05) is 0 Å². The summed E-state index contributed by atoms with van der Waals surface area (Å²) < 4.78 is 46.0. The van der Waals surface area contributed by atoms with E-state index in [1.54, 1.807) is 18.2 Å². The van der Waals surface area contributed by atoms with E-state index in [2.05, 4.69) is 4.98 Å². The predicted molar refractivity (Wildman–Crippen MR) is 66.9 cm³/mol. The standard InChI is InChI=1S/C12H11F3N2OS/c1-18-7-2-3-9-8(6-7)16-10(19)17(9)11(4-5-11)12(13,14)15/h2-3,6H,4-5H2,1H3,(H,16,19). The largest absolute Gasteiger partial charge is 0.497 e. The minimum Gasteiger partial charge on any atom is -0.497 e. The number of H-pyrrole nitrogens is 1. The lowest BCUT2D eigenvalue weighted by Gasteiger charge is -2.21. The van der Waals surface area contributed by atoms with Gasteiger partial charge in [-0.3, -0.25) is 0 Å². The predicted octanol–water partition coefficient (Wildman–Crippen LogP) is 3.76. The van der Waals surface area contributed by atoms with Crippen molar-refractivity contribution in [2.24, 2.45) is 0 Å². The summed E-state index contributed by atoms with van der Waals surface area (Å²) in [6, 6.07) is 4.88. The van der Waals surface area contributed by atoms with Crippen LogP contribution in [0, 0.1) is 4.77 Å². The van der Waals surface area contributed by atoms with Crippen molar-refractivity contribution in [2.45, 2.75) is 24.6 Å². The van der Waals surface area contributed by atoms with Crippen LogP contribution in [0.3, 0.4) is 0 Å². The van der Waals surface area contributed by atoms with E-state index in [9.17, 15) is 13.2 Å². The molecule has 0 bridgehead atoms. The summed E-state index contributed by atoms with van der Waals surface area (Å²) in [5.74, 6) is 0.577. The fraction of sp³-hybridized carbons (Fsp3) is 0.417. The lowest BCUT2D eigenvalue weighted by Crippen LogP contribution is -2.34. The first kappa shape index (κ1) is 12.5. The number of rotatable bonds is 2. The molecular weight excluding hydrogens is 277 g/mol. The maximum absolute atomic E-state index is 13.2. The van der Waals surface area contributed by atoms with Gasteiger partial charge in [0.05, 0.1) is 18.1 Å². The maximum Gasteiger partial charge on any atom is 0.412 e. The second-order valence-electron chi connectivity index (χ2n) is 4.68. The van der Waals surface area contributed by atoms with Gasteiger partial charge >= 0.3 is 6.18 Å². The molecule has 1 aliphatic rings. The number of fused-ring (bicyclic) bond motifs is 1. The third kappa shape index (κ3) is 1.68. The van der Waals surface area contributed by atoms with Gasteiger partial charge in [-0.25, -0.2) is 0 Å². The zero-order valence-electron chi connectivity index (χ0n) is 10.0. The van der Waals surface area contributed by atoms with Crippen molar-refractivity contribution < 1.29 is 17.9 Å². The van der Waals surface area contributed by atoms with E-state index in [4.69, 9.17) is 17.0 Å². The van der Waals surface area contributed by atoms with Crippen molar-refractivity contribution in [1.29, 1.82) is 0 Å². The Bertz CT molecular complexity index is 697. The molecule has 0 saturated heterocycles. The number of methoxy groups -OCH3 is 1. The topological polar surface area (TPSA) is 29.9 Å². The zero-order chi connectivity index (χ0) is 13.8. The number of hydrogen-bond donors (Lipinski definition) is 1. The molecule has 1 aliphatic carbocycles. The van der Waals surface area contributed by atoms with Gasteiger partial charge in [0, 0.05) is 6.07 Å². The molecule has 0 atom stereocenters. The monoisotopic (exact) mass is 288 g/mol. The summed E-state index contributed by atoms with van der Waals surface area (Å²) in [7, 11) is 1.50. The second kappa shape index (κ2) is 3.75. The zero-order valence-corrected chi connectivity index (χ0v) is 10.9. The Kier molecular flexibility index (Phi) is 2.47. The van der Waals surface area contributed by atoms with Gasteiger partial charge in [0.15, 0.2) is 4.77 Å². The number of imidazole rings is 1. The molecule has 1 heterocycles. The van der Waals surface area contributed by atoms with E-state index in [-0.39, 0.29) is 17.6 Å². The molecule has 1 aromatic carbocycles. The molecule has 0 spiro atoms. The van der Waals surface area contributed by atoms with Gasteiger partial charge in [0.2, 0.25) is 0 Å². The van der Waals surface area contributed by atoms with Crippen molar-refractivity contribution in [1.82, 2.24) is 9.55 Å². The van der Waals surface area contributed by atoms with E-state index in [1.807, 2.05) is 0 Å². The first-order chi connectivity index (χ1) is 8.89. The summed E-state index contributed by atoms with van der Waals surface area (Å²) in [5.41, 5.74) is -0.822. The Morgan fingerprint density at radius 2 is 2.05 bits per heavy atom. The number of nitrogens with one attached hydrogen (secondary N) is 1. The van der Waals surface area contributed by atoms with Gasteiger partial charge in [-0.15, -0.1) is 0 Å². The van der Waals surface area contributed by atoms with Gasteiger partial charge in [0.25, 0.3) is 0 Å². The highest BCUT2D eigenvalue weighted by Gasteiger charge is 2.65. The van der Waals surface area contributed by atoms with E-state index >= 15 is 0 Å². The highest BCUT2D eigenvalue weighted by atomic mass is 32.1. The normalized spacial score (nSPS) is 17.7. The number of halogens is 3. The summed E-state index contributed by atoms with van der Waals surface area (Å²) in [5, 5.41) is 0. The molecule has 0 amide bonds. The maximum atomic E-state index is 13.2. The van der Waals surface area contributed by atoms with E-state index in [0.717, 1.165) is 0 Å². The fourth-order valence-corrected chi connectivity index (χ4v) is 2.78. The van der Waals surface area contributed by atoms with Crippen LogP contribution >= 0.6 is 12.2 Å². The van der Waals surface area contributed by atoms with Gasteiger partial charge in [-0.05, 0) is 37.2 Å². The van der Waals surface area contributed by atoms with Crippen LogP contribution in [0.2, 0.25) is 0 Å². The van der Waals surface area contributed by atoms with Crippen LogP contribution in [0.5, 0.6) is 5.75 Å². The Morgan fingerprint density at radius 1 is 1.37 bits per heavy atom. The minimum absolute atomic E-state index is 0.0732. The summed E-state index contributed by atoms with van der Waals surface area (Å²) >= 11 is 5.06. The van der Waals surface area contributed by atoms with Crippen LogP contribution in [-0.4, -0.2) is 22.8 Å². The number of alkyl halides is 3. The highest BCUT2D eigenvalue weighted by Crippen LogP contribution is 2.56. The average Bonchev–Trinajstić information content (AvgIpc) is 3.06. The molecule has 0 radical (unpaired) electrons. The third-order valence-corrected chi connectivity index (χ3v) is 3.85. The number of benzene rings is 1. The fourth-order valence-electron chi connectivity index (χ4n) is 2.39. The van der Waals surface area contributed by atoms with Crippen molar-refractivity contribution in [3.8, 4) is 5.75 Å². The van der Waals surface area contributed by atoms with Gasteiger partial charge in [-0.2, -0.15) is 13.2 Å². The Hall–Kier alpha value is -1.50. The first-order valence-corrected chi connectivity index (χ1v) is 6.16. The second-order valence-corrected chi connectivity index (χ2v) is 5.06. The molecule has 1 aromatic heterocycles. The van der Waals surface area contributed by atoms with E-state index in [0.29, 0.717) is 16.8 Å². The van der Waals surface area contributed by atoms with E-state index < -0.39 is 11.7 Å². The van der Waals surface area contributed by atoms with Crippen molar-refractivity contribution in [2.75, 3.05) is 7.11 Å². The molecule has 1 N–H and O–H groups in total. The van der Waals surface area contributed by atoms with Crippen LogP contribution in [0.25, 0.3) is 11.0 Å². The molecule has 19 heavy (non-hydrogen) atoms. The molecule has 3 rings (SSSR count). The Balaban J connectivity index is 2.26. The van der Waals surface area contributed by atoms with Gasteiger partial charge < -0.3 is 14.3 Å². The molecule has 102 valence electrons. The van der Waals surface area contributed by atoms with Crippen LogP contribution in [0.15, 0.2) is 18.2 Å². The summed E-state index contributed by atoms with van der Waals surface area (Å²) in [6.45, 7) is 0. The van der Waals surface area contributed by atoms with Crippen molar-refractivity contribution in [3.63, 3.8) is 0 Å². The van der Waals surface area contributed by atoms with Crippen molar-refractivity contribution >= 4 is 23.3 Å². The van der Waals surface area contributed by atoms with Crippen LogP contribution in [-0.2, 0) is 5.54 Å². The molecule has 0 aliphatic heterocycles. The third-order valence-electron chi connectivity index (χ3n) is 3.57. The smallest absolute Gasteiger partial charge is 0.412 e. The first-order valence-electron chi connectivity index (χ1n) is 5.75. The van der Waals surface area contributed by atoms with Crippen LogP contribution < -0.4 is 4.74 Å². The average molecular weight is 288 g/mol. The van der Waals surface area contributed by atoms with Gasteiger partial charge in [0.1, 0.15) is 11.3 Å². The van der Waals surface area contributed by atoms with E-state index in [1.165, 1.54) is 11.7 Å². The molecule has 2 aromatic rings. The molecule has 7 heteroatoms. The molecular formula is C12H11F3N2OS. The summed E-state index contributed by atoms with van der Waals surface area (Å²) in [6.07, 6.45) is -4.14. The minimum atomic E-state index is -4.29. The quantitative estimate of drug-likeness (QED) is 0.853. The number of aromatic amines is 1. The number of aromatic nitrogens is 2. The SMILES string of the molecule is COc1ccc2c(c1)[nH]c(=S)n2C1(C(F)(F)F)CC1. The number of ether oxygens (including phenoxy) is 1. The number of nitrogens with zero attached hydrogens (tertiary/aromatic N) is 1. The summed E-state index contributed by atoms with van der Waals surface area (Å²) in [4.78, 5) is 2.82. The molecule has 0 unspecified atom stereocenters. The number of hydrogen-bond acceptors (Lipinski definition) is 2. The Morgan fingerprint density at radius 3 is 2.58 bits per heavy atom. The van der Waals surface area contributed by atoms with Crippen molar-refractivity contribution in [3.05, 3.63) is 23.0 Å².